The Labute approximate surface area is 176 Å². The third-order valence-electron chi connectivity index (χ3n) is 4.84. The van der Waals surface area contributed by atoms with Crippen molar-refractivity contribution in [1.82, 2.24) is 10.4 Å². The minimum Gasteiger partial charge on any atom is -0.454 e. The summed E-state index contributed by atoms with van der Waals surface area (Å²) in [5.41, 5.74) is -0.935. The first-order valence-electron chi connectivity index (χ1n) is 9.49. The summed E-state index contributed by atoms with van der Waals surface area (Å²) in [6.45, 7) is 2.04. The van der Waals surface area contributed by atoms with Crippen molar-refractivity contribution in [3.63, 3.8) is 0 Å². The first-order valence-corrected chi connectivity index (χ1v) is 9.49. The minimum absolute atomic E-state index is 0.107. The molecular formula is C21H20F3N3O4. The van der Waals surface area contributed by atoms with Gasteiger partial charge < -0.3 is 14.8 Å². The molecule has 0 aliphatic carbocycles. The number of hydrogen-bond donors (Lipinski definition) is 1. The zero-order valence-corrected chi connectivity index (χ0v) is 16.8. The highest BCUT2D eigenvalue weighted by atomic mass is 19.4. The molecule has 2 aliphatic rings. The number of halogens is 3. The summed E-state index contributed by atoms with van der Waals surface area (Å²) in [5.74, 6) is 1.18. The van der Waals surface area contributed by atoms with E-state index in [1.807, 2.05) is 6.07 Å². The molecule has 1 N–H and O–H groups in total. The lowest BCUT2D eigenvalue weighted by Gasteiger charge is -2.21. The van der Waals surface area contributed by atoms with Gasteiger partial charge in [-0.1, -0.05) is 18.2 Å². The lowest BCUT2D eigenvalue weighted by Crippen LogP contribution is -2.35. The second-order valence-corrected chi connectivity index (χ2v) is 7.42. The molecule has 7 nitrogen and oxygen atoms in total. The number of hydroxylamine groups is 2. The molecule has 2 aliphatic heterocycles. The fourth-order valence-electron chi connectivity index (χ4n) is 3.42. The van der Waals surface area contributed by atoms with E-state index in [2.05, 4.69) is 10.3 Å². The number of nitrogens with zero attached hydrogens (tertiary/aromatic N) is 2. The monoisotopic (exact) mass is 435 g/mol. The molecule has 164 valence electrons. The van der Waals surface area contributed by atoms with Crippen LogP contribution in [-0.4, -0.2) is 36.4 Å². The Kier molecular flexibility index (Phi) is 5.26. The molecule has 0 aromatic heterocycles. The number of carbonyl (C=O) groups is 1. The van der Waals surface area contributed by atoms with Crippen molar-refractivity contribution in [1.29, 1.82) is 0 Å². The van der Waals surface area contributed by atoms with E-state index >= 15 is 0 Å². The van der Waals surface area contributed by atoms with Crippen LogP contribution in [0.3, 0.4) is 0 Å². The van der Waals surface area contributed by atoms with E-state index in [4.69, 9.17) is 14.3 Å². The third kappa shape index (κ3) is 4.58. The number of alkyl halides is 3. The molecule has 1 amide bonds. The van der Waals surface area contributed by atoms with Crippen LogP contribution < -0.4 is 14.8 Å². The normalized spacial score (nSPS) is 20.0. The summed E-state index contributed by atoms with van der Waals surface area (Å²) in [7, 11) is 1.54. The molecule has 0 saturated heterocycles. The third-order valence-corrected chi connectivity index (χ3v) is 4.84. The largest absolute Gasteiger partial charge is 0.454 e. The maximum atomic E-state index is 13.0. The second-order valence-electron chi connectivity index (χ2n) is 7.42. The molecule has 10 heteroatoms. The maximum absolute atomic E-state index is 13.0. The molecule has 1 atom stereocenters. The molecule has 0 fully saturated rings. The van der Waals surface area contributed by atoms with Gasteiger partial charge >= 0.3 is 6.18 Å². The van der Waals surface area contributed by atoms with E-state index in [1.165, 1.54) is 24.2 Å². The Morgan fingerprint density at radius 2 is 1.97 bits per heavy atom. The van der Waals surface area contributed by atoms with Gasteiger partial charge in [0.2, 0.25) is 12.7 Å². The van der Waals surface area contributed by atoms with Gasteiger partial charge in [-0.3, -0.25) is 4.79 Å². The van der Waals surface area contributed by atoms with Crippen molar-refractivity contribution in [2.75, 3.05) is 13.8 Å². The number of nitrogens with one attached hydrogen (secondary N) is 1. The number of ether oxygens (including phenoxy) is 2. The van der Waals surface area contributed by atoms with Crippen molar-refractivity contribution < 1.29 is 32.3 Å². The molecule has 2 aromatic carbocycles. The lowest BCUT2D eigenvalue weighted by atomic mass is 10.1. The predicted molar refractivity (Wildman–Crippen MR) is 104 cm³/mol. The van der Waals surface area contributed by atoms with Crippen LogP contribution in [0, 0.1) is 0 Å². The van der Waals surface area contributed by atoms with Gasteiger partial charge in [0, 0.05) is 19.2 Å². The number of carbonyl (C=O) groups excluding carboxylic acids is 1. The van der Waals surface area contributed by atoms with Gasteiger partial charge in [0.15, 0.2) is 23.1 Å². The molecule has 4 rings (SSSR count). The average Bonchev–Trinajstić information content (AvgIpc) is 3.29. The number of amides is 1. The van der Waals surface area contributed by atoms with Gasteiger partial charge in [0.25, 0.3) is 0 Å². The molecule has 0 spiro atoms. The Balaban J connectivity index is 1.42. The van der Waals surface area contributed by atoms with Gasteiger partial charge in [0.05, 0.1) is 12.0 Å². The Morgan fingerprint density at radius 3 is 2.74 bits per heavy atom. The van der Waals surface area contributed by atoms with Crippen LogP contribution in [0.5, 0.6) is 11.5 Å². The topological polar surface area (TPSA) is 72.4 Å². The van der Waals surface area contributed by atoms with Crippen LogP contribution in [0.1, 0.15) is 30.0 Å². The van der Waals surface area contributed by atoms with Crippen LogP contribution in [0.4, 0.5) is 13.2 Å². The quantitative estimate of drug-likeness (QED) is 0.779. The maximum Gasteiger partial charge on any atom is 0.416 e. The standard InChI is InChI=1S/C21H20F3N3O4/c1-20(10-18(28)25-11-13-6-7-16-17(8-13)30-12-29-16)26-19(27(2)31-20)14-4-3-5-15(9-14)21(22,23)24/h3-9H,10-12H2,1-2H3,(H,25,28). The van der Waals surface area contributed by atoms with Crippen molar-refractivity contribution in [2.24, 2.45) is 4.99 Å². The molecule has 0 saturated carbocycles. The summed E-state index contributed by atoms with van der Waals surface area (Å²) < 4.78 is 49.6. The fraction of sp³-hybridized carbons (Fsp3) is 0.333. The summed E-state index contributed by atoms with van der Waals surface area (Å²) in [6, 6.07) is 10.2. The van der Waals surface area contributed by atoms with Crippen molar-refractivity contribution >= 4 is 11.7 Å². The summed E-state index contributed by atoms with van der Waals surface area (Å²) in [6.07, 6.45) is -4.57. The van der Waals surface area contributed by atoms with Gasteiger partial charge in [0.1, 0.15) is 0 Å². The van der Waals surface area contributed by atoms with Gasteiger partial charge in [-0.15, -0.1) is 0 Å². The van der Waals surface area contributed by atoms with Crippen molar-refractivity contribution in [3.8, 4) is 11.5 Å². The summed E-state index contributed by atoms with van der Waals surface area (Å²) in [4.78, 5) is 22.5. The van der Waals surface area contributed by atoms with E-state index in [1.54, 1.807) is 19.1 Å². The summed E-state index contributed by atoms with van der Waals surface area (Å²) >= 11 is 0. The molecular weight excluding hydrogens is 415 g/mol. The van der Waals surface area contributed by atoms with Crippen LogP contribution in [0.2, 0.25) is 0 Å². The number of aliphatic imine (C=N–C) groups is 1. The van der Waals surface area contributed by atoms with Gasteiger partial charge in [-0.05, 0) is 36.8 Å². The SMILES string of the molecule is CN1OC(C)(CC(=O)NCc2ccc3c(c2)OCO3)N=C1c1cccc(C(F)(F)F)c1. The van der Waals surface area contributed by atoms with E-state index in [9.17, 15) is 18.0 Å². The van der Waals surface area contributed by atoms with Crippen LogP contribution >= 0.6 is 0 Å². The summed E-state index contributed by atoms with van der Waals surface area (Å²) in [5, 5.41) is 4.07. The number of benzene rings is 2. The Hall–Kier alpha value is -3.27. The second kappa shape index (κ2) is 7.77. The Morgan fingerprint density at radius 1 is 1.19 bits per heavy atom. The minimum atomic E-state index is -4.47. The Bertz CT molecular complexity index is 1040. The number of rotatable bonds is 5. The lowest BCUT2D eigenvalue weighted by molar-refractivity contribution is -0.166. The molecule has 2 heterocycles. The molecule has 2 aromatic rings. The van der Waals surface area contributed by atoms with Gasteiger partial charge in [-0.25, -0.2) is 14.9 Å². The van der Waals surface area contributed by atoms with Crippen molar-refractivity contribution in [2.45, 2.75) is 31.8 Å². The molecule has 31 heavy (non-hydrogen) atoms. The highest BCUT2D eigenvalue weighted by Gasteiger charge is 2.38. The smallest absolute Gasteiger partial charge is 0.416 e. The van der Waals surface area contributed by atoms with Crippen molar-refractivity contribution in [3.05, 3.63) is 59.2 Å². The van der Waals surface area contributed by atoms with E-state index in [-0.39, 0.29) is 37.1 Å². The van der Waals surface area contributed by atoms with E-state index in [0.29, 0.717) is 11.5 Å². The highest BCUT2D eigenvalue weighted by Crippen LogP contribution is 2.33. The molecule has 0 bridgehead atoms. The van der Waals surface area contributed by atoms with Crippen LogP contribution in [0.15, 0.2) is 47.5 Å². The average molecular weight is 435 g/mol. The molecule has 1 unspecified atom stereocenters. The zero-order chi connectivity index (χ0) is 22.2. The highest BCUT2D eigenvalue weighted by molar-refractivity contribution is 5.99. The van der Waals surface area contributed by atoms with Crippen LogP contribution in [0.25, 0.3) is 0 Å². The van der Waals surface area contributed by atoms with Crippen LogP contribution in [-0.2, 0) is 22.4 Å². The first kappa shape index (κ1) is 21.0. The first-order chi connectivity index (χ1) is 14.6. The van der Waals surface area contributed by atoms with E-state index < -0.39 is 17.5 Å². The number of hydrogen-bond acceptors (Lipinski definition) is 6. The fourth-order valence-corrected chi connectivity index (χ4v) is 3.42. The molecule has 0 radical (unpaired) electrons. The van der Waals surface area contributed by atoms with Gasteiger partial charge in [-0.2, -0.15) is 13.2 Å². The van der Waals surface area contributed by atoms with E-state index in [0.717, 1.165) is 17.7 Å². The zero-order valence-electron chi connectivity index (χ0n) is 16.8. The number of fused-ring (bicyclic) bond motifs is 1. The predicted octanol–water partition coefficient (Wildman–Crippen LogP) is 3.48. The number of amidine groups is 1.